The summed E-state index contributed by atoms with van der Waals surface area (Å²) in [5, 5.41) is 18.5. The number of hydrogen-bond acceptors (Lipinski definition) is 4. The zero-order valence-corrected chi connectivity index (χ0v) is 10.8. The number of nitrogens with zero attached hydrogens (tertiary/aromatic N) is 2. The van der Waals surface area contributed by atoms with Crippen LogP contribution in [0.15, 0.2) is 0 Å². The molecule has 2 aliphatic heterocycles. The standard InChI is InChI=1S/C10H18N2O5S/c13-8-4-6-11(7-8)18(16,17)12-5-2-1-3-9(12)10(14)15/h8-9,13H,1-7H2,(H,14,15)/t8-,9?/m1/s1. The lowest BCUT2D eigenvalue weighted by atomic mass is 10.1. The lowest BCUT2D eigenvalue weighted by molar-refractivity contribution is -0.142. The number of aliphatic hydroxyl groups excluding tert-OH is 1. The molecule has 0 aliphatic carbocycles. The second-order valence-corrected chi connectivity index (χ2v) is 6.65. The average Bonchev–Trinajstić information content (AvgIpc) is 2.76. The van der Waals surface area contributed by atoms with Gasteiger partial charge in [-0.15, -0.1) is 0 Å². The Labute approximate surface area is 106 Å². The summed E-state index contributed by atoms with van der Waals surface area (Å²) in [6, 6.07) is -0.971. The Hall–Kier alpha value is -0.700. The smallest absolute Gasteiger partial charge is 0.322 e. The van der Waals surface area contributed by atoms with Crippen LogP contribution < -0.4 is 0 Å². The highest BCUT2D eigenvalue weighted by Gasteiger charge is 2.41. The van der Waals surface area contributed by atoms with E-state index in [-0.39, 0.29) is 19.6 Å². The van der Waals surface area contributed by atoms with E-state index in [1.165, 1.54) is 4.31 Å². The molecule has 2 rings (SSSR count). The fourth-order valence-electron chi connectivity index (χ4n) is 2.50. The topological polar surface area (TPSA) is 98.2 Å². The van der Waals surface area contributed by atoms with Gasteiger partial charge >= 0.3 is 5.97 Å². The Morgan fingerprint density at radius 1 is 1.17 bits per heavy atom. The Kier molecular flexibility index (Phi) is 3.90. The molecule has 0 aromatic heterocycles. The molecule has 0 spiro atoms. The van der Waals surface area contributed by atoms with Gasteiger partial charge in [0.05, 0.1) is 6.10 Å². The number of carboxylic acid groups (broad SMARTS) is 1. The third-order valence-electron chi connectivity index (χ3n) is 3.49. The van der Waals surface area contributed by atoms with Crippen molar-refractivity contribution in [3.63, 3.8) is 0 Å². The maximum atomic E-state index is 12.3. The van der Waals surface area contributed by atoms with Crippen molar-refractivity contribution in [3.05, 3.63) is 0 Å². The van der Waals surface area contributed by atoms with E-state index in [0.717, 1.165) is 10.7 Å². The fraction of sp³-hybridized carbons (Fsp3) is 0.900. The summed E-state index contributed by atoms with van der Waals surface area (Å²) in [6.45, 7) is 0.559. The first-order chi connectivity index (χ1) is 8.43. The first-order valence-corrected chi connectivity index (χ1v) is 7.50. The SMILES string of the molecule is O=C(O)C1CCCCN1S(=O)(=O)N1CC[C@@H](O)C1. The van der Waals surface area contributed by atoms with Gasteiger partial charge in [0.1, 0.15) is 6.04 Å². The summed E-state index contributed by atoms with van der Waals surface area (Å²) < 4.78 is 26.9. The van der Waals surface area contributed by atoms with Crippen molar-refractivity contribution in [1.29, 1.82) is 0 Å². The monoisotopic (exact) mass is 278 g/mol. The van der Waals surface area contributed by atoms with Gasteiger partial charge in [-0.05, 0) is 25.7 Å². The van der Waals surface area contributed by atoms with Crippen LogP contribution in [-0.4, -0.2) is 65.0 Å². The van der Waals surface area contributed by atoms with Crippen molar-refractivity contribution in [3.8, 4) is 0 Å². The van der Waals surface area contributed by atoms with Gasteiger partial charge in [0, 0.05) is 19.6 Å². The van der Waals surface area contributed by atoms with Crippen molar-refractivity contribution in [2.45, 2.75) is 37.8 Å². The van der Waals surface area contributed by atoms with E-state index in [0.29, 0.717) is 19.3 Å². The van der Waals surface area contributed by atoms with Crippen LogP contribution in [0.25, 0.3) is 0 Å². The van der Waals surface area contributed by atoms with Crippen LogP contribution in [0, 0.1) is 0 Å². The molecular weight excluding hydrogens is 260 g/mol. The quantitative estimate of drug-likeness (QED) is 0.707. The Morgan fingerprint density at radius 3 is 2.44 bits per heavy atom. The van der Waals surface area contributed by atoms with Gasteiger partial charge in [0.15, 0.2) is 0 Å². The van der Waals surface area contributed by atoms with E-state index in [2.05, 4.69) is 0 Å². The van der Waals surface area contributed by atoms with E-state index in [1.807, 2.05) is 0 Å². The normalized spacial score (nSPS) is 31.6. The lowest BCUT2D eigenvalue weighted by Gasteiger charge is -2.34. The molecule has 2 heterocycles. The molecule has 0 radical (unpaired) electrons. The van der Waals surface area contributed by atoms with Crippen molar-refractivity contribution in [1.82, 2.24) is 8.61 Å². The van der Waals surface area contributed by atoms with Crippen molar-refractivity contribution in [2.75, 3.05) is 19.6 Å². The molecule has 18 heavy (non-hydrogen) atoms. The van der Waals surface area contributed by atoms with Crippen LogP contribution in [-0.2, 0) is 15.0 Å². The van der Waals surface area contributed by atoms with Crippen LogP contribution in [0.4, 0.5) is 0 Å². The van der Waals surface area contributed by atoms with Gasteiger partial charge in [0.25, 0.3) is 10.2 Å². The first kappa shape index (κ1) is 13.7. The number of aliphatic hydroxyl groups is 1. The molecule has 2 fully saturated rings. The summed E-state index contributed by atoms with van der Waals surface area (Å²) >= 11 is 0. The second-order valence-electron chi connectivity index (χ2n) is 4.77. The maximum absolute atomic E-state index is 12.3. The van der Waals surface area contributed by atoms with E-state index in [9.17, 15) is 18.3 Å². The van der Waals surface area contributed by atoms with Crippen LogP contribution in [0.1, 0.15) is 25.7 Å². The van der Waals surface area contributed by atoms with Crippen molar-refractivity contribution < 1.29 is 23.4 Å². The highest BCUT2D eigenvalue weighted by atomic mass is 32.2. The predicted molar refractivity (Wildman–Crippen MR) is 63.1 cm³/mol. The fourth-order valence-corrected chi connectivity index (χ4v) is 4.37. The third kappa shape index (κ3) is 2.51. The minimum absolute atomic E-state index is 0.0607. The highest BCUT2D eigenvalue weighted by Crippen LogP contribution is 2.25. The first-order valence-electron chi connectivity index (χ1n) is 6.10. The van der Waals surface area contributed by atoms with Gasteiger partial charge in [0.2, 0.25) is 0 Å². The molecular formula is C10H18N2O5S. The summed E-state index contributed by atoms with van der Waals surface area (Å²) in [5.41, 5.74) is 0. The molecule has 8 heteroatoms. The summed E-state index contributed by atoms with van der Waals surface area (Å²) in [4.78, 5) is 11.1. The van der Waals surface area contributed by atoms with E-state index >= 15 is 0 Å². The molecule has 0 saturated carbocycles. The van der Waals surface area contributed by atoms with Crippen LogP contribution in [0.5, 0.6) is 0 Å². The van der Waals surface area contributed by atoms with Gasteiger partial charge in [-0.3, -0.25) is 4.79 Å². The van der Waals surface area contributed by atoms with Gasteiger partial charge in [-0.25, -0.2) is 0 Å². The summed E-state index contributed by atoms with van der Waals surface area (Å²) in [5.74, 6) is -1.10. The average molecular weight is 278 g/mol. The zero-order valence-electron chi connectivity index (χ0n) is 10.0. The number of rotatable bonds is 3. The molecule has 2 atom stereocenters. The highest BCUT2D eigenvalue weighted by molar-refractivity contribution is 7.86. The molecule has 104 valence electrons. The number of hydrogen-bond donors (Lipinski definition) is 2. The number of β-amino-alcohol motifs (C(OH)–C–C–N with tert-alkyl or cyclic N) is 1. The molecule has 2 saturated heterocycles. The third-order valence-corrected chi connectivity index (χ3v) is 5.50. The largest absolute Gasteiger partial charge is 0.480 e. The van der Waals surface area contributed by atoms with Crippen LogP contribution in [0.3, 0.4) is 0 Å². The van der Waals surface area contributed by atoms with E-state index in [4.69, 9.17) is 5.11 Å². The van der Waals surface area contributed by atoms with Gasteiger partial charge < -0.3 is 10.2 Å². The minimum Gasteiger partial charge on any atom is -0.480 e. The maximum Gasteiger partial charge on any atom is 0.322 e. The molecule has 0 aromatic rings. The lowest BCUT2D eigenvalue weighted by Crippen LogP contribution is -2.53. The van der Waals surface area contributed by atoms with Gasteiger partial charge in [-0.1, -0.05) is 0 Å². The summed E-state index contributed by atoms with van der Waals surface area (Å²) in [7, 11) is -3.76. The molecule has 0 aromatic carbocycles. The number of piperidine rings is 1. The van der Waals surface area contributed by atoms with Crippen molar-refractivity contribution in [2.24, 2.45) is 0 Å². The minimum atomic E-state index is -3.76. The van der Waals surface area contributed by atoms with E-state index < -0.39 is 28.3 Å². The van der Waals surface area contributed by atoms with Crippen LogP contribution in [0.2, 0.25) is 0 Å². The molecule has 1 unspecified atom stereocenters. The molecule has 2 N–H and O–H groups in total. The Morgan fingerprint density at radius 2 is 1.89 bits per heavy atom. The molecule has 7 nitrogen and oxygen atoms in total. The van der Waals surface area contributed by atoms with Gasteiger partial charge in [-0.2, -0.15) is 17.0 Å². The van der Waals surface area contributed by atoms with Crippen molar-refractivity contribution >= 4 is 16.2 Å². The Bertz CT molecular complexity index is 424. The molecule has 0 amide bonds. The number of carboxylic acids is 1. The molecule has 2 aliphatic rings. The predicted octanol–water partition coefficient (Wildman–Crippen LogP) is -0.763. The van der Waals surface area contributed by atoms with E-state index in [1.54, 1.807) is 0 Å². The second kappa shape index (κ2) is 5.12. The number of aliphatic carboxylic acids is 1. The summed E-state index contributed by atoms with van der Waals surface area (Å²) in [6.07, 6.45) is 1.52. The van der Waals surface area contributed by atoms with Crippen LogP contribution >= 0.6 is 0 Å². The Balaban J connectivity index is 2.19. The molecule has 0 bridgehead atoms. The number of carbonyl (C=O) groups is 1. The zero-order chi connectivity index (χ0) is 13.3.